The number of ether oxygens (including phenoxy) is 1. The third kappa shape index (κ3) is 2.65. The molecule has 1 aromatic heterocycles. The lowest BCUT2D eigenvalue weighted by atomic mass is 9.93. The quantitative estimate of drug-likeness (QED) is 0.927. The van der Waals surface area contributed by atoms with Crippen LogP contribution in [0.15, 0.2) is 36.5 Å². The molecule has 0 spiro atoms. The van der Waals surface area contributed by atoms with Crippen LogP contribution < -0.4 is 5.32 Å². The number of hydrogen-bond acceptors (Lipinski definition) is 3. The molecule has 20 heavy (non-hydrogen) atoms. The maximum absolute atomic E-state index is 11.2. The second kappa shape index (κ2) is 5.59. The zero-order valence-corrected chi connectivity index (χ0v) is 11.5. The highest BCUT2D eigenvalue weighted by Crippen LogP contribution is 2.24. The summed E-state index contributed by atoms with van der Waals surface area (Å²) in [5.74, 6) is 0.329. The first-order chi connectivity index (χ1) is 9.74. The minimum Gasteiger partial charge on any atom is -0.379 e. The van der Waals surface area contributed by atoms with Crippen molar-refractivity contribution in [2.24, 2.45) is 5.92 Å². The zero-order valence-electron chi connectivity index (χ0n) is 11.5. The van der Waals surface area contributed by atoms with Crippen molar-refractivity contribution in [3.63, 3.8) is 0 Å². The third-order valence-corrected chi connectivity index (χ3v) is 3.81. The molecule has 3 rings (SSSR count). The summed E-state index contributed by atoms with van der Waals surface area (Å²) in [5.41, 5.74) is 2.28. The molecule has 2 heterocycles. The lowest BCUT2D eigenvalue weighted by molar-refractivity contribution is -0.119. The fourth-order valence-corrected chi connectivity index (χ4v) is 2.84. The molecule has 1 aliphatic heterocycles. The monoisotopic (exact) mass is 270 g/mol. The van der Waals surface area contributed by atoms with Crippen molar-refractivity contribution >= 4 is 16.8 Å². The van der Waals surface area contributed by atoms with Gasteiger partial charge in [0.1, 0.15) is 0 Å². The van der Waals surface area contributed by atoms with Crippen molar-refractivity contribution in [1.82, 2.24) is 10.3 Å². The van der Waals surface area contributed by atoms with Crippen LogP contribution >= 0.6 is 0 Å². The summed E-state index contributed by atoms with van der Waals surface area (Å²) in [6.07, 6.45) is 2.74. The predicted molar refractivity (Wildman–Crippen MR) is 77.4 cm³/mol. The molecule has 1 N–H and O–H groups in total. The summed E-state index contributed by atoms with van der Waals surface area (Å²) in [6.45, 7) is 2.85. The number of para-hydroxylation sites is 1. The molecule has 0 saturated carbocycles. The van der Waals surface area contributed by atoms with Crippen molar-refractivity contribution in [3.05, 3.63) is 42.1 Å². The fourth-order valence-electron chi connectivity index (χ4n) is 2.84. The highest BCUT2D eigenvalue weighted by Gasteiger charge is 2.29. The zero-order chi connectivity index (χ0) is 13.9. The average molecular weight is 270 g/mol. The number of hydrogen-bond donors (Lipinski definition) is 1. The number of carbonyl (C=O) groups is 1. The molecule has 0 aliphatic carbocycles. The smallest absolute Gasteiger partial charge is 0.217 e. The minimum atomic E-state index is 0.00471. The molecule has 2 atom stereocenters. The summed E-state index contributed by atoms with van der Waals surface area (Å²) in [4.78, 5) is 15.6. The first kappa shape index (κ1) is 13.1. The number of amides is 1. The van der Waals surface area contributed by atoms with E-state index in [4.69, 9.17) is 4.74 Å². The van der Waals surface area contributed by atoms with Crippen LogP contribution in [0.2, 0.25) is 0 Å². The van der Waals surface area contributed by atoms with Gasteiger partial charge in [-0.25, -0.2) is 0 Å². The number of rotatable bonds is 3. The van der Waals surface area contributed by atoms with E-state index < -0.39 is 0 Å². The molecule has 4 heteroatoms. The maximum atomic E-state index is 11.2. The van der Waals surface area contributed by atoms with Crippen molar-refractivity contribution < 1.29 is 9.53 Å². The Morgan fingerprint density at radius 1 is 1.35 bits per heavy atom. The fraction of sp³-hybridized carbons (Fsp3) is 0.375. The van der Waals surface area contributed by atoms with E-state index in [0.29, 0.717) is 19.1 Å². The van der Waals surface area contributed by atoms with Gasteiger partial charge in [-0.3, -0.25) is 9.78 Å². The first-order valence-electron chi connectivity index (χ1n) is 6.91. The van der Waals surface area contributed by atoms with Gasteiger partial charge in [0.15, 0.2) is 0 Å². The van der Waals surface area contributed by atoms with Gasteiger partial charge in [0.25, 0.3) is 0 Å². The van der Waals surface area contributed by atoms with Gasteiger partial charge in [-0.15, -0.1) is 0 Å². The molecule has 0 radical (unpaired) electrons. The van der Waals surface area contributed by atoms with Gasteiger partial charge in [-0.05, 0) is 24.1 Å². The molecule has 1 saturated heterocycles. The van der Waals surface area contributed by atoms with Crippen molar-refractivity contribution in [1.29, 1.82) is 0 Å². The Morgan fingerprint density at radius 2 is 2.20 bits per heavy atom. The maximum Gasteiger partial charge on any atom is 0.217 e. The van der Waals surface area contributed by atoms with E-state index in [9.17, 15) is 4.79 Å². The Kier molecular flexibility index (Phi) is 3.65. The number of fused-ring (bicyclic) bond motifs is 1. The van der Waals surface area contributed by atoms with Gasteiger partial charge in [-0.1, -0.05) is 18.2 Å². The summed E-state index contributed by atoms with van der Waals surface area (Å²) in [6, 6.07) is 10.3. The summed E-state index contributed by atoms with van der Waals surface area (Å²) >= 11 is 0. The van der Waals surface area contributed by atoms with Gasteiger partial charge in [-0.2, -0.15) is 0 Å². The Hall–Kier alpha value is -1.94. The van der Waals surface area contributed by atoms with Crippen LogP contribution in [0.4, 0.5) is 0 Å². The Balaban J connectivity index is 1.84. The predicted octanol–water partition coefficient (Wildman–Crippen LogP) is 1.93. The van der Waals surface area contributed by atoms with E-state index >= 15 is 0 Å². The standard InChI is InChI=1S/C16H18N2O2/c1-11(19)18-16-10-20-9-13(16)8-12-6-7-17-15-5-3-2-4-14(12)15/h2-7,13,16H,8-10H2,1H3,(H,18,19)/t13-,16-/m1/s1. The van der Waals surface area contributed by atoms with E-state index in [2.05, 4.69) is 22.4 Å². The lowest BCUT2D eigenvalue weighted by Crippen LogP contribution is -2.39. The van der Waals surface area contributed by atoms with Gasteiger partial charge in [0.05, 0.1) is 24.8 Å². The number of pyridine rings is 1. The number of nitrogens with zero attached hydrogens (tertiary/aromatic N) is 1. The number of benzene rings is 1. The third-order valence-electron chi connectivity index (χ3n) is 3.81. The van der Waals surface area contributed by atoms with E-state index in [1.807, 2.05) is 24.4 Å². The summed E-state index contributed by atoms with van der Waals surface area (Å²) in [5, 5.41) is 4.16. The van der Waals surface area contributed by atoms with E-state index in [0.717, 1.165) is 11.9 Å². The molecular formula is C16H18N2O2. The molecular weight excluding hydrogens is 252 g/mol. The van der Waals surface area contributed by atoms with Crippen LogP contribution in [0, 0.1) is 5.92 Å². The Bertz CT molecular complexity index is 621. The Labute approximate surface area is 118 Å². The second-order valence-electron chi connectivity index (χ2n) is 5.30. The SMILES string of the molecule is CC(=O)N[C@@H]1COC[C@H]1Cc1ccnc2ccccc12. The Morgan fingerprint density at radius 3 is 3.05 bits per heavy atom. The highest BCUT2D eigenvalue weighted by atomic mass is 16.5. The second-order valence-corrected chi connectivity index (χ2v) is 5.30. The summed E-state index contributed by atoms with van der Waals surface area (Å²) in [7, 11) is 0. The molecule has 104 valence electrons. The van der Waals surface area contributed by atoms with Gasteiger partial charge >= 0.3 is 0 Å². The van der Waals surface area contributed by atoms with E-state index in [-0.39, 0.29) is 11.9 Å². The summed E-state index contributed by atoms with van der Waals surface area (Å²) < 4.78 is 5.52. The van der Waals surface area contributed by atoms with Gasteiger partial charge < -0.3 is 10.1 Å². The number of carbonyl (C=O) groups excluding carboxylic acids is 1. The van der Waals surface area contributed by atoms with Gasteiger partial charge in [0.2, 0.25) is 5.91 Å². The molecule has 4 nitrogen and oxygen atoms in total. The van der Waals surface area contributed by atoms with E-state index in [1.165, 1.54) is 10.9 Å². The molecule has 1 amide bonds. The number of aromatic nitrogens is 1. The van der Waals surface area contributed by atoms with Crippen LogP contribution in [0.25, 0.3) is 10.9 Å². The molecule has 1 fully saturated rings. The highest BCUT2D eigenvalue weighted by molar-refractivity contribution is 5.81. The largest absolute Gasteiger partial charge is 0.379 e. The van der Waals surface area contributed by atoms with Crippen molar-refractivity contribution in [3.8, 4) is 0 Å². The van der Waals surface area contributed by atoms with Gasteiger partial charge in [0, 0.05) is 24.4 Å². The molecule has 2 aromatic rings. The lowest BCUT2D eigenvalue weighted by Gasteiger charge is -2.19. The minimum absolute atomic E-state index is 0.00471. The topological polar surface area (TPSA) is 51.2 Å². The normalized spacial score (nSPS) is 22.1. The van der Waals surface area contributed by atoms with Crippen molar-refractivity contribution in [2.45, 2.75) is 19.4 Å². The van der Waals surface area contributed by atoms with Crippen molar-refractivity contribution in [2.75, 3.05) is 13.2 Å². The first-order valence-corrected chi connectivity index (χ1v) is 6.91. The molecule has 0 unspecified atom stereocenters. The van der Waals surface area contributed by atoms with Crippen LogP contribution in [0.1, 0.15) is 12.5 Å². The number of nitrogens with one attached hydrogen (secondary N) is 1. The molecule has 1 aromatic carbocycles. The average Bonchev–Trinajstić information content (AvgIpc) is 2.86. The molecule has 1 aliphatic rings. The van der Waals surface area contributed by atoms with Crippen LogP contribution in [0.3, 0.4) is 0 Å². The van der Waals surface area contributed by atoms with Crippen LogP contribution in [-0.2, 0) is 16.0 Å². The van der Waals surface area contributed by atoms with E-state index in [1.54, 1.807) is 6.92 Å². The van der Waals surface area contributed by atoms with Crippen LogP contribution in [0.5, 0.6) is 0 Å². The molecule has 0 bridgehead atoms. The van der Waals surface area contributed by atoms with Crippen LogP contribution in [-0.4, -0.2) is 30.1 Å².